The van der Waals surface area contributed by atoms with Gasteiger partial charge in [0.25, 0.3) is 5.91 Å². The molecular formula is C13H14N4O3. The van der Waals surface area contributed by atoms with Crippen LogP contribution in [0.3, 0.4) is 0 Å². The lowest BCUT2D eigenvalue weighted by molar-refractivity contribution is 0.102. The van der Waals surface area contributed by atoms with Crippen molar-refractivity contribution in [2.45, 2.75) is 6.92 Å². The van der Waals surface area contributed by atoms with Crippen molar-refractivity contribution < 1.29 is 14.3 Å². The first kappa shape index (κ1) is 12.3. The Kier molecular flexibility index (Phi) is 2.74. The molecule has 20 heavy (non-hydrogen) atoms. The number of fused-ring (bicyclic) bond motifs is 1. The Morgan fingerprint density at radius 3 is 2.75 bits per heavy atom. The van der Waals surface area contributed by atoms with E-state index in [4.69, 9.17) is 15.2 Å². The monoisotopic (exact) mass is 274 g/mol. The molecule has 3 rings (SSSR count). The van der Waals surface area contributed by atoms with Crippen LogP contribution in [0, 0.1) is 6.92 Å². The number of benzene rings is 1. The molecule has 0 atom stereocenters. The number of carbonyl (C=O) groups is 1. The molecule has 1 aliphatic rings. The summed E-state index contributed by atoms with van der Waals surface area (Å²) in [5, 5.41) is 6.80. The molecule has 0 fully saturated rings. The third-order valence-corrected chi connectivity index (χ3v) is 3.27. The van der Waals surface area contributed by atoms with E-state index in [1.54, 1.807) is 23.9 Å². The van der Waals surface area contributed by atoms with Gasteiger partial charge in [-0.1, -0.05) is 0 Å². The highest BCUT2D eigenvalue weighted by Gasteiger charge is 2.19. The maximum Gasteiger partial charge on any atom is 0.259 e. The van der Waals surface area contributed by atoms with E-state index in [1.807, 2.05) is 6.92 Å². The fourth-order valence-electron chi connectivity index (χ4n) is 1.98. The Hall–Kier alpha value is -2.70. The first-order valence-electron chi connectivity index (χ1n) is 6.05. The number of hydrogen-bond donors (Lipinski definition) is 2. The summed E-state index contributed by atoms with van der Waals surface area (Å²) in [4.78, 5) is 12.2. The Balaban J connectivity index is 1.88. The van der Waals surface area contributed by atoms with Gasteiger partial charge in [0.15, 0.2) is 11.5 Å². The molecule has 0 unspecified atom stereocenters. The average molecular weight is 274 g/mol. The number of anilines is 2. The largest absolute Gasteiger partial charge is 0.454 e. The van der Waals surface area contributed by atoms with E-state index in [9.17, 15) is 4.79 Å². The third-order valence-electron chi connectivity index (χ3n) is 3.27. The first-order chi connectivity index (χ1) is 9.56. The number of ether oxygens (including phenoxy) is 2. The second-order valence-electron chi connectivity index (χ2n) is 4.51. The number of aromatic nitrogens is 2. The zero-order valence-electron chi connectivity index (χ0n) is 11.1. The molecule has 0 saturated heterocycles. The molecule has 1 aromatic heterocycles. The lowest BCUT2D eigenvalue weighted by Gasteiger charge is -2.09. The van der Waals surface area contributed by atoms with Gasteiger partial charge in [-0.05, 0) is 6.92 Å². The van der Waals surface area contributed by atoms with Crippen molar-refractivity contribution >= 4 is 17.3 Å². The minimum atomic E-state index is -0.263. The fraction of sp³-hybridized carbons (Fsp3) is 0.231. The average Bonchev–Trinajstić information content (AvgIpc) is 2.98. The van der Waals surface area contributed by atoms with Gasteiger partial charge in [0.05, 0.1) is 23.1 Å². The van der Waals surface area contributed by atoms with Gasteiger partial charge in [0, 0.05) is 24.9 Å². The van der Waals surface area contributed by atoms with Crippen molar-refractivity contribution in [1.82, 2.24) is 9.78 Å². The van der Waals surface area contributed by atoms with Crippen molar-refractivity contribution in [3.63, 3.8) is 0 Å². The zero-order valence-corrected chi connectivity index (χ0v) is 11.1. The molecular weight excluding hydrogens is 260 g/mol. The Labute approximate surface area is 115 Å². The predicted octanol–water partition coefficient (Wildman–Crippen LogP) is 1.29. The molecule has 0 bridgehead atoms. The number of aryl methyl sites for hydroxylation is 1. The van der Waals surface area contributed by atoms with Crippen LogP contribution in [0.5, 0.6) is 11.5 Å². The highest BCUT2D eigenvalue weighted by atomic mass is 16.7. The van der Waals surface area contributed by atoms with Crippen LogP contribution in [-0.2, 0) is 7.05 Å². The second-order valence-corrected chi connectivity index (χ2v) is 4.51. The number of nitrogens with zero attached hydrogens (tertiary/aromatic N) is 2. The molecule has 7 nitrogen and oxygen atoms in total. The van der Waals surface area contributed by atoms with Gasteiger partial charge in [-0.15, -0.1) is 0 Å². The summed E-state index contributed by atoms with van der Waals surface area (Å²) in [5.74, 6) is 0.886. The highest BCUT2D eigenvalue weighted by Crippen LogP contribution is 2.38. The van der Waals surface area contributed by atoms with E-state index in [-0.39, 0.29) is 12.7 Å². The summed E-state index contributed by atoms with van der Waals surface area (Å²) in [7, 11) is 1.78. The van der Waals surface area contributed by atoms with Gasteiger partial charge >= 0.3 is 0 Å². The van der Waals surface area contributed by atoms with Gasteiger partial charge < -0.3 is 20.5 Å². The molecule has 0 spiro atoms. The maximum absolute atomic E-state index is 12.2. The number of rotatable bonds is 2. The summed E-state index contributed by atoms with van der Waals surface area (Å²) < 4.78 is 12.1. The van der Waals surface area contributed by atoms with Crippen LogP contribution in [0.4, 0.5) is 11.4 Å². The van der Waals surface area contributed by atoms with Crippen LogP contribution < -0.4 is 20.5 Å². The molecule has 2 heterocycles. The fourth-order valence-corrected chi connectivity index (χ4v) is 1.98. The normalized spacial score (nSPS) is 12.5. The molecule has 0 aliphatic carbocycles. The van der Waals surface area contributed by atoms with Crippen LogP contribution in [0.1, 0.15) is 16.1 Å². The van der Waals surface area contributed by atoms with Crippen molar-refractivity contribution in [1.29, 1.82) is 0 Å². The SMILES string of the molecule is Cc1c(C(=O)Nc2cc3c(cc2N)OCO3)cnn1C. The quantitative estimate of drug-likeness (QED) is 0.805. The van der Waals surface area contributed by atoms with Gasteiger partial charge in [-0.3, -0.25) is 9.48 Å². The molecule has 3 N–H and O–H groups in total. The highest BCUT2D eigenvalue weighted by molar-refractivity contribution is 6.06. The van der Waals surface area contributed by atoms with E-state index >= 15 is 0 Å². The predicted molar refractivity (Wildman–Crippen MR) is 72.9 cm³/mol. The minimum Gasteiger partial charge on any atom is -0.454 e. The van der Waals surface area contributed by atoms with Crippen LogP contribution in [-0.4, -0.2) is 22.5 Å². The van der Waals surface area contributed by atoms with E-state index in [2.05, 4.69) is 10.4 Å². The van der Waals surface area contributed by atoms with E-state index < -0.39 is 0 Å². The molecule has 1 aromatic carbocycles. The van der Waals surface area contributed by atoms with Crippen molar-refractivity contribution in [3.05, 3.63) is 29.6 Å². The minimum absolute atomic E-state index is 0.161. The standard InChI is InChI=1S/C13H14N4O3/c1-7-8(5-15-17(7)2)13(18)16-10-4-12-11(3-9(10)14)19-6-20-12/h3-5H,6,14H2,1-2H3,(H,16,18). The van der Waals surface area contributed by atoms with Gasteiger partial charge in [0.2, 0.25) is 6.79 Å². The van der Waals surface area contributed by atoms with Crippen molar-refractivity contribution in [3.8, 4) is 11.5 Å². The third kappa shape index (κ3) is 1.93. The van der Waals surface area contributed by atoms with E-state index in [0.717, 1.165) is 5.69 Å². The Morgan fingerprint density at radius 1 is 1.40 bits per heavy atom. The van der Waals surface area contributed by atoms with E-state index in [0.29, 0.717) is 28.4 Å². The number of amides is 1. The van der Waals surface area contributed by atoms with Crippen LogP contribution >= 0.6 is 0 Å². The number of nitrogens with one attached hydrogen (secondary N) is 1. The van der Waals surface area contributed by atoms with Crippen molar-refractivity contribution in [2.24, 2.45) is 7.05 Å². The Bertz CT molecular complexity index is 693. The van der Waals surface area contributed by atoms with Gasteiger partial charge in [-0.25, -0.2) is 0 Å². The molecule has 1 aliphatic heterocycles. The van der Waals surface area contributed by atoms with Crippen molar-refractivity contribution in [2.75, 3.05) is 17.8 Å². The maximum atomic E-state index is 12.2. The number of hydrogen-bond acceptors (Lipinski definition) is 5. The summed E-state index contributed by atoms with van der Waals surface area (Å²) in [6.45, 7) is 1.98. The lowest BCUT2D eigenvalue weighted by atomic mass is 10.2. The smallest absolute Gasteiger partial charge is 0.259 e. The van der Waals surface area contributed by atoms with Crippen LogP contribution in [0.25, 0.3) is 0 Å². The molecule has 1 amide bonds. The van der Waals surface area contributed by atoms with Crippen LogP contribution in [0.15, 0.2) is 18.3 Å². The summed E-state index contributed by atoms with van der Waals surface area (Å²) in [6, 6.07) is 3.29. The summed E-state index contributed by atoms with van der Waals surface area (Å²) in [5.41, 5.74) is 8.08. The lowest BCUT2D eigenvalue weighted by Crippen LogP contribution is -2.14. The molecule has 104 valence electrons. The van der Waals surface area contributed by atoms with Crippen LogP contribution in [0.2, 0.25) is 0 Å². The second kappa shape index (κ2) is 4.44. The topological polar surface area (TPSA) is 91.4 Å². The summed E-state index contributed by atoms with van der Waals surface area (Å²) >= 11 is 0. The summed E-state index contributed by atoms with van der Waals surface area (Å²) in [6.07, 6.45) is 1.52. The first-order valence-corrected chi connectivity index (χ1v) is 6.05. The molecule has 0 saturated carbocycles. The molecule has 0 radical (unpaired) electrons. The van der Waals surface area contributed by atoms with Gasteiger partial charge in [-0.2, -0.15) is 5.10 Å². The van der Waals surface area contributed by atoms with Gasteiger partial charge in [0.1, 0.15) is 0 Å². The van der Waals surface area contributed by atoms with E-state index in [1.165, 1.54) is 6.20 Å². The molecule has 2 aromatic rings. The molecule has 7 heteroatoms. The zero-order chi connectivity index (χ0) is 14.3. The Morgan fingerprint density at radius 2 is 2.10 bits per heavy atom. The number of carbonyl (C=O) groups excluding carboxylic acids is 1. The number of nitrogen functional groups attached to an aromatic ring is 1. The number of nitrogens with two attached hydrogens (primary N) is 1.